The Kier molecular flexibility index (Phi) is 4.97. The molecule has 0 amide bonds. The van der Waals surface area contributed by atoms with Gasteiger partial charge in [-0.25, -0.2) is 0 Å². The SMILES string of the molecule is CC1CCC(Oc2ccc(Br)cc2CCl)CC1C. The molecule has 1 nitrogen and oxygen atoms in total. The molecule has 0 spiro atoms. The van der Waals surface area contributed by atoms with E-state index in [0.717, 1.165) is 40.5 Å². The highest BCUT2D eigenvalue weighted by Gasteiger charge is 2.26. The first kappa shape index (κ1) is 14.2. The van der Waals surface area contributed by atoms with E-state index in [0.29, 0.717) is 12.0 Å². The number of alkyl halides is 1. The number of benzene rings is 1. The largest absolute Gasteiger partial charge is 0.490 e. The molecule has 0 aliphatic heterocycles. The van der Waals surface area contributed by atoms with Gasteiger partial charge < -0.3 is 4.74 Å². The lowest BCUT2D eigenvalue weighted by Crippen LogP contribution is -2.29. The van der Waals surface area contributed by atoms with Crippen molar-refractivity contribution in [3.05, 3.63) is 28.2 Å². The van der Waals surface area contributed by atoms with Crippen LogP contribution in [0.2, 0.25) is 0 Å². The Balaban J connectivity index is 2.05. The van der Waals surface area contributed by atoms with Gasteiger partial charge in [-0.05, 0) is 49.3 Å². The monoisotopic (exact) mass is 330 g/mol. The average molecular weight is 332 g/mol. The molecule has 3 unspecified atom stereocenters. The molecule has 1 aliphatic carbocycles. The molecule has 1 fully saturated rings. The van der Waals surface area contributed by atoms with E-state index in [-0.39, 0.29) is 0 Å². The second-order valence-corrected chi connectivity index (χ2v) is 6.58. The lowest BCUT2D eigenvalue weighted by atomic mass is 9.80. The lowest BCUT2D eigenvalue weighted by molar-refractivity contribution is 0.0999. The van der Waals surface area contributed by atoms with Crippen LogP contribution >= 0.6 is 27.5 Å². The van der Waals surface area contributed by atoms with Gasteiger partial charge in [-0.2, -0.15) is 0 Å². The predicted molar refractivity (Wildman–Crippen MR) is 80.3 cm³/mol. The van der Waals surface area contributed by atoms with Crippen LogP contribution in [-0.2, 0) is 5.88 Å². The molecule has 18 heavy (non-hydrogen) atoms. The highest BCUT2D eigenvalue weighted by Crippen LogP contribution is 2.33. The fourth-order valence-corrected chi connectivity index (χ4v) is 3.17. The van der Waals surface area contributed by atoms with Crippen LogP contribution in [0.5, 0.6) is 5.75 Å². The van der Waals surface area contributed by atoms with E-state index in [1.165, 1.54) is 6.42 Å². The molecule has 100 valence electrons. The first-order chi connectivity index (χ1) is 8.60. The van der Waals surface area contributed by atoms with Crippen molar-refractivity contribution in [3.63, 3.8) is 0 Å². The van der Waals surface area contributed by atoms with E-state index < -0.39 is 0 Å². The molecule has 3 heteroatoms. The van der Waals surface area contributed by atoms with Crippen LogP contribution in [0.3, 0.4) is 0 Å². The smallest absolute Gasteiger partial charge is 0.124 e. The zero-order valence-corrected chi connectivity index (χ0v) is 13.3. The summed E-state index contributed by atoms with van der Waals surface area (Å²) in [4.78, 5) is 0. The van der Waals surface area contributed by atoms with E-state index in [4.69, 9.17) is 16.3 Å². The van der Waals surface area contributed by atoms with Crippen molar-refractivity contribution in [1.82, 2.24) is 0 Å². The van der Waals surface area contributed by atoms with Gasteiger partial charge in [0.25, 0.3) is 0 Å². The van der Waals surface area contributed by atoms with Crippen LogP contribution in [-0.4, -0.2) is 6.10 Å². The number of hydrogen-bond acceptors (Lipinski definition) is 1. The van der Waals surface area contributed by atoms with Crippen LogP contribution in [0, 0.1) is 11.8 Å². The molecule has 3 atom stereocenters. The van der Waals surface area contributed by atoms with Crippen LogP contribution in [0.25, 0.3) is 0 Å². The summed E-state index contributed by atoms with van der Waals surface area (Å²) in [5.74, 6) is 3.01. The average Bonchev–Trinajstić information content (AvgIpc) is 2.36. The fraction of sp³-hybridized carbons (Fsp3) is 0.600. The highest BCUT2D eigenvalue weighted by atomic mass is 79.9. The molecule has 1 aromatic carbocycles. The first-order valence-corrected chi connectivity index (χ1v) is 7.94. The van der Waals surface area contributed by atoms with Gasteiger partial charge in [0.05, 0.1) is 12.0 Å². The van der Waals surface area contributed by atoms with E-state index in [1.807, 2.05) is 18.2 Å². The van der Waals surface area contributed by atoms with Gasteiger partial charge in [0.1, 0.15) is 5.75 Å². The van der Waals surface area contributed by atoms with Crippen LogP contribution in [0.1, 0.15) is 38.7 Å². The minimum Gasteiger partial charge on any atom is -0.490 e. The van der Waals surface area contributed by atoms with Crippen molar-refractivity contribution in [2.24, 2.45) is 11.8 Å². The second-order valence-electron chi connectivity index (χ2n) is 5.39. The maximum atomic E-state index is 6.15. The summed E-state index contributed by atoms with van der Waals surface area (Å²) in [7, 11) is 0. The van der Waals surface area contributed by atoms with Crippen LogP contribution in [0.4, 0.5) is 0 Å². The summed E-state index contributed by atoms with van der Waals surface area (Å²) in [6.45, 7) is 4.66. The van der Waals surface area contributed by atoms with E-state index in [9.17, 15) is 0 Å². The number of ether oxygens (including phenoxy) is 1. The first-order valence-electron chi connectivity index (χ1n) is 6.61. The summed E-state index contributed by atoms with van der Waals surface area (Å²) < 4.78 is 7.20. The Hall–Kier alpha value is -0.210. The van der Waals surface area contributed by atoms with E-state index in [1.54, 1.807) is 0 Å². The quantitative estimate of drug-likeness (QED) is 0.675. The van der Waals surface area contributed by atoms with Crippen molar-refractivity contribution in [2.75, 3.05) is 0 Å². The Bertz CT molecular complexity index is 407. The zero-order chi connectivity index (χ0) is 13.1. The Morgan fingerprint density at radius 1 is 1.28 bits per heavy atom. The van der Waals surface area contributed by atoms with Gasteiger partial charge in [-0.3, -0.25) is 0 Å². The van der Waals surface area contributed by atoms with Gasteiger partial charge in [0.15, 0.2) is 0 Å². The van der Waals surface area contributed by atoms with Gasteiger partial charge in [-0.1, -0.05) is 29.8 Å². The molecule has 1 saturated carbocycles. The molecular weight excluding hydrogens is 312 g/mol. The predicted octanol–water partition coefficient (Wildman–Crippen LogP) is 5.39. The maximum Gasteiger partial charge on any atom is 0.124 e. The van der Waals surface area contributed by atoms with Crippen molar-refractivity contribution < 1.29 is 4.74 Å². The molecule has 0 N–H and O–H groups in total. The number of rotatable bonds is 3. The molecule has 0 saturated heterocycles. The Morgan fingerprint density at radius 3 is 2.72 bits per heavy atom. The van der Waals surface area contributed by atoms with E-state index >= 15 is 0 Å². The molecule has 0 bridgehead atoms. The standard InChI is InChI=1S/C15H20BrClO/c1-10-3-5-14(7-11(10)2)18-15-6-4-13(16)8-12(15)9-17/h4,6,8,10-11,14H,3,5,7,9H2,1-2H3. The molecule has 1 aliphatic rings. The van der Waals surface area contributed by atoms with E-state index in [2.05, 4.69) is 29.8 Å². The summed E-state index contributed by atoms with van der Waals surface area (Å²) >= 11 is 9.44. The maximum absolute atomic E-state index is 6.15. The third-order valence-electron chi connectivity index (χ3n) is 4.01. The van der Waals surface area contributed by atoms with Crippen molar-refractivity contribution in [2.45, 2.75) is 45.1 Å². The minimum atomic E-state index is 0.347. The van der Waals surface area contributed by atoms with Gasteiger partial charge >= 0.3 is 0 Å². The normalized spacial score (nSPS) is 28.1. The van der Waals surface area contributed by atoms with Crippen LogP contribution < -0.4 is 4.74 Å². The topological polar surface area (TPSA) is 9.23 Å². The van der Waals surface area contributed by atoms with Gasteiger partial charge in [0.2, 0.25) is 0 Å². The molecule has 2 rings (SSSR count). The Labute approximate surface area is 123 Å². The molecular formula is C15H20BrClO. The number of hydrogen-bond donors (Lipinski definition) is 0. The summed E-state index contributed by atoms with van der Waals surface area (Å²) in [6, 6.07) is 6.07. The van der Waals surface area contributed by atoms with Gasteiger partial charge in [-0.15, -0.1) is 11.6 Å². The highest BCUT2D eigenvalue weighted by molar-refractivity contribution is 9.10. The molecule has 0 heterocycles. The van der Waals surface area contributed by atoms with Gasteiger partial charge in [0, 0.05) is 10.0 Å². The molecule has 1 aromatic rings. The van der Waals surface area contributed by atoms with Crippen molar-refractivity contribution in [3.8, 4) is 5.75 Å². The summed E-state index contributed by atoms with van der Waals surface area (Å²) in [5.41, 5.74) is 1.07. The van der Waals surface area contributed by atoms with Crippen molar-refractivity contribution >= 4 is 27.5 Å². The third kappa shape index (κ3) is 3.42. The Morgan fingerprint density at radius 2 is 2.06 bits per heavy atom. The van der Waals surface area contributed by atoms with Crippen molar-refractivity contribution in [1.29, 1.82) is 0 Å². The minimum absolute atomic E-state index is 0.347. The third-order valence-corrected chi connectivity index (χ3v) is 4.79. The summed E-state index contributed by atoms with van der Waals surface area (Å²) in [6.07, 6.45) is 3.92. The number of halogens is 2. The fourth-order valence-electron chi connectivity index (χ4n) is 2.55. The zero-order valence-electron chi connectivity index (χ0n) is 11.0. The second kappa shape index (κ2) is 6.29. The lowest BCUT2D eigenvalue weighted by Gasteiger charge is -2.32. The molecule has 0 radical (unpaired) electrons. The van der Waals surface area contributed by atoms with Crippen LogP contribution in [0.15, 0.2) is 22.7 Å². The summed E-state index contributed by atoms with van der Waals surface area (Å²) in [5, 5.41) is 0. The molecule has 0 aromatic heterocycles.